The summed E-state index contributed by atoms with van der Waals surface area (Å²) < 4.78 is 18.8. The quantitative estimate of drug-likeness (QED) is 0.383. The first-order chi connectivity index (χ1) is 16.4. The number of rotatable bonds is 8. The molecule has 10 nitrogen and oxygen atoms in total. The van der Waals surface area contributed by atoms with E-state index < -0.39 is 5.25 Å². The summed E-state index contributed by atoms with van der Waals surface area (Å²) in [5, 5.41) is 10.9. The first-order valence-electron chi connectivity index (χ1n) is 10.2. The SMILES string of the molecule is COc1cc(NC(=O)C(C)Sc2nnc3c(=O)n(-c4cccc(OC)c4)ccn23)cc(OC)c1. The maximum Gasteiger partial charge on any atom is 0.300 e. The third kappa shape index (κ3) is 4.69. The van der Waals surface area contributed by atoms with E-state index in [2.05, 4.69) is 15.5 Å². The van der Waals surface area contributed by atoms with Gasteiger partial charge in [-0.1, -0.05) is 17.8 Å². The van der Waals surface area contributed by atoms with Crippen molar-refractivity contribution in [3.63, 3.8) is 0 Å². The van der Waals surface area contributed by atoms with Gasteiger partial charge in [0.1, 0.15) is 17.2 Å². The van der Waals surface area contributed by atoms with Crippen molar-refractivity contribution in [2.75, 3.05) is 26.6 Å². The molecule has 0 saturated carbocycles. The average molecular weight is 482 g/mol. The van der Waals surface area contributed by atoms with Crippen molar-refractivity contribution < 1.29 is 19.0 Å². The summed E-state index contributed by atoms with van der Waals surface area (Å²) in [4.78, 5) is 25.8. The predicted octanol–water partition coefficient (Wildman–Crippen LogP) is 3.03. The van der Waals surface area contributed by atoms with Crippen molar-refractivity contribution in [2.45, 2.75) is 17.3 Å². The highest BCUT2D eigenvalue weighted by Crippen LogP contribution is 2.27. The number of benzene rings is 2. The summed E-state index contributed by atoms with van der Waals surface area (Å²) in [6, 6.07) is 12.3. The number of thioether (sulfide) groups is 1. The minimum absolute atomic E-state index is 0.151. The Morgan fingerprint density at radius 3 is 2.35 bits per heavy atom. The van der Waals surface area contributed by atoms with Crippen LogP contribution >= 0.6 is 11.8 Å². The van der Waals surface area contributed by atoms with Gasteiger partial charge in [0.2, 0.25) is 11.6 Å². The zero-order valence-corrected chi connectivity index (χ0v) is 19.8. The molecular formula is C23H23N5O5S. The van der Waals surface area contributed by atoms with Crippen molar-refractivity contribution in [3.8, 4) is 22.9 Å². The largest absolute Gasteiger partial charge is 0.497 e. The Morgan fingerprint density at radius 2 is 1.68 bits per heavy atom. The smallest absolute Gasteiger partial charge is 0.300 e. The van der Waals surface area contributed by atoms with Crippen LogP contribution in [0, 0.1) is 0 Å². The lowest BCUT2D eigenvalue weighted by Crippen LogP contribution is -2.23. The number of nitrogens with zero attached hydrogens (tertiary/aromatic N) is 4. The van der Waals surface area contributed by atoms with Crippen molar-refractivity contribution in [1.82, 2.24) is 19.2 Å². The molecule has 0 fully saturated rings. The minimum Gasteiger partial charge on any atom is -0.497 e. The third-order valence-electron chi connectivity index (χ3n) is 5.04. The maximum atomic E-state index is 13.0. The molecule has 0 spiro atoms. The van der Waals surface area contributed by atoms with Gasteiger partial charge in [-0.3, -0.25) is 18.6 Å². The van der Waals surface area contributed by atoms with Crippen LogP contribution in [0.4, 0.5) is 5.69 Å². The van der Waals surface area contributed by atoms with Gasteiger partial charge in [-0.15, -0.1) is 10.2 Å². The summed E-state index contributed by atoms with van der Waals surface area (Å²) in [7, 11) is 4.64. The molecule has 2 aromatic heterocycles. The van der Waals surface area contributed by atoms with Gasteiger partial charge >= 0.3 is 5.56 Å². The molecular weight excluding hydrogens is 458 g/mol. The van der Waals surface area contributed by atoms with Gasteiger partial charge in [0.15, 0.2) is 5.16 Å². The molecule has 0 aliphatic rings. The fourth-order valence-electron chi connectivity index (χ4n) is 3.25. The number of fused-ring (bicyclic) bond motifs is 1. The summed E-state index contributed by atoms with van der Waals surface area (Å²) in [6.45, 7) is 1.75. The lowest BCUT2D eigenvalue weighted by Gasteiger charge is -2.13. The van der Waals surface area contributed by atoms with Crippen LogP contribution in [0.5, 0.6) is 17.2 Å². The number of hydrogen-bond acceptors (Lipinski definition) is 8. The Labute approximate surface area is 199 Å². The van der Waals surface area contributed by atoms with Gasteiger partial charge in [-0.05, 0) is 19.1 Å². The Bertz CT molecular complexity index is 1380. The van der Waals surface area contributed by atoms with Crippen LogP contribution in [0.15, 0.2) is 64.8 Å². The molecule has 0 radical (unpaired) electrons. The predicted molar refractivity (Wildman–Crippen MR) is 129 cm³/mol. The van der Waals surface area contributed by atoms with Crippen LogP contribution in [0.3, 0.4) is 0 Å². The number of hydrogen-bond donors (Lipinski definition) is 1. The molecule has 0 aliphatic heterocycles. The standard InChI is InChI=1S/C23H23N5O5S/c1-14(21(29)24-15-10-18(32-3)13-19(11-15)33-4)34-23-26-25-20-22(30)27(8-9-28(20)23)16-6-5-7-17(12-16)31-2/h5-14H,1-4H3,(H,24,29). The van der Waals surface area contributed by atoms with Crippen LogP contribution in [-0.4, -0.2) is 51.7 Å². The summed E-state index contributed by atoms with van der Waals surface area (Å²) in [5.41, 5.74) is 1.00. The second-order valence-corrected chi connectivity index (χ2v) is 8.51. The Balaban J connectivity index is 1.55. The van der Waals surface area contributed by atoms with Gasteiger partial charge in [-0.2, -0.15) is 0 Å². The molecule has 0 saturated heterocycles. The van der Waals surface area contributed by atoms with E-state index in [1.165, 1.54) is 30.5 Å². The Kier molecular flexibility index (Phi) is 6.73. The van der Waals surface area contributed by atoms with Crippen molar-refractivity contribution >= 4 is 29.0 Å². The van der Waals surface area contributed by atoms with Crippen LogP contribution in [0.25, 0.3) is 11.3 Å². The van der Waals surface area contributed by atoms with Crippen molar-refractivity contribution in [1.29, 1.82) is 0 Å². The number of ether oxygens (including phenoxy) is 3. The number of carbonyl (C=O) groups is 1. The molecule has 1 amide bonds. The molecule has 4 aromatic rings. The molecule has 1 atom stereocenters. The number of amides is 1. The fourth-order valence-corrected chi connectivity index (χ4v) is 4.08. The van der Waals surface area contributed by atoms with Gasteiger partial charge in [0.05, 0.1) is 32.3 Å². The summed E-state index contributed by atoms with van der Waals surface area (Å²) in [5.74, 6) is 1.51. The lowest BCUT2D eigenvalue weighted by molar-refractivity contribution is -0.115. The summed E-state index contributed by atoms with van der Waals surface area (Å²) in [6.07, 6.45) is 3.32. The van der Waals surface area contributed by atoms with Crippen LogP contribution in [0.1, 0.15) is 6.92 Å². The molecule has 2 heterocycles. The summed E-state index contributed by atoms with van der Waals surface area (Å²) >= 11 is 1.19. The van der Waals surface area contributed by atoms with Crippen molar-refractivity contribution in [3.05, 3.63) is 65.2 Å². The zero-order valence-electron chi connectivity index (χ0n) is 19.0. The Morgan fingerprint density at radius 1 is 0.971 bits per heavy atom. The molecule has 11 heteroatoms. The molecule has 34 heavy (non-hydrogen) atoms. The second-order valence-electron chi connectivity index (χ2n) is 7.20. The number of aromatic nitrogens is 4. The molecule has 176 valence electrons. The van der Waals surface area contributed by atoms with Gasteiger partial charge in [0.25, 0.3) is 0 Å². The molecule has 0 bridgehead atoms. The highest BCUT2D eigenvalue weighted by molar-refractivity contribution is 8.00. The minimum atomic E-state index is -0.523. The molecule has 2 aromatic carbocycles. The van der Waals surface area contributed by atoms with E-state index in [1.807, 2.05) is 0 Å². The van der Waals surface area contributed by atoms with E-state index in [1.54, 1.807) is 73.3 Å². The first-order valence-corrected chi connectivity index (χ1v) is 11.1. The highest BCUT2D eigenvalue weighted by Gasteiger charge is 2.20. The third-order valence-corrected chi connectivity index (χ3v) is 6.10. The van der Waals surface area contributed by atoms with E-state index in [9.17, 15) is 9.59 Å². The highest BCUT2D eigenvalue weighted by atomic mass is 32.2. The van der Waals surface area contributed by atoms with Gasteiger partial charge < -0.3 is 19.5 Å². The van der Waals surface area contributed by atoms with E-state index in [-0.39, 0.29) is 17.1 Å². The molecule has 1 unspecified atom stereocenters. The number of anilines is 1. The van der Waals surface area contributed by atoms with E-state index >= 15 is 0 Å². The fraction of sp³-hybridized carbons (Fsp3) is 0.217. The van der Waals surface area contributed by atoms with E-state index in [0.29, 0.717) is 33.8 Å². The number of nitrogens with one attached hydrogen (secondary N) is 1. The van der Waals surface area contributed by atoms with E-state index in [4.69, 9.17) is 14.2 Å². The topological polar surface area (TPSA) is 109 Å². The number of methoxy groups -OCH3 is 3. The lowest BCUT2D eigenvalue weighted by atomic mass is 10.2. The van der Waals surface area contributed by atoms with Crippen LogP contribution in [-0.2, 0) is 4.79 Å². The number of carbonyl (C=O) groups excluding carboxylic acids is 1. The first kappa shape index (κ1) is 23.2. The van der Waals surface area contributed by atoms with Crippen LogP contribution in [0.2, 0.25) is 0 Å². The monoisotopic (exact) mass is 481 g/mol. The molecule has 4 rings (SSSR count). The molecule has 1 N–H and O–H groups in total. The normalized spacial score (nSPS) is 11.8. The van der Waals surface area contributed by atoms with Crippen LogP contribution < -0.4 is 25.1 Å². The van der Waals surface area contributed by atoms with Crippen molar-refractivity contribution in [2.24, 2.45) is 0 Å². The van der Waals surface area contributed by atoms with E-state index in [0.717, 1.165) is 0 Å². The maximum absolute atomic E-state index is 13.0. The average Bonchev–Trinajstić information content (AvgIpc) is 3.27. The second kappa shape index (κ2) is 9.87. The zero-order chi connectivity index (χ0) is 24.2. The van der Waals surface area contributed by atoms with Gasteiger partial charge in [0, 0.05) is 42.3 Å². The van der Waals surface area contributed by atoms with Gasteiger partial charge in [-0.25, -0.2) is 0 Å². The molecule has 0 aliphatic carbocycles. The Hall–Kier alpha value is -3.99.